The molecule has 1 saturated carbocycles. The third-order valence-electron chi connectivity index (χ3n) is 10.8. The van der Waals surface area contributed by atoms with Gasteiger partial charge in [-0.05, 0) is 41.5 Å². The van der Waals surface area contributed by atoms with Gasteiger partial charge in [-0.3, -0.25) is 29.0 Å². The van der Waals surface area contributed by atoms with E-state index < -0.39 is 35.5 Å². The minimum absolute atomic E-state index is 0.0423. The Morgan fingerprint density at radius 2 is 1.16 bits per heavy atom. The molecule has 6 atom stereocenters. The van der Waals surface area contributed by atoms with Gasteiger partial charge >= 0.3 is 0 Å². The minimum atomic E-state index is -0.745. The fourth-order valence-electron chi connectivity index (χ4n) is 8.53. The average Bonchev–Trinajstić information content (AvgIpc) is 3.51. The molecule has 4 aliphatic rings. The van der Waals surface area contributed by atoms with E-state index in [9.17, 15) is 24.3 Å². The van der Waals surface area contributed by atoms with Crippen LogP contribution in [-0.4, -0.2) is 38.5 Å². The zero-order chi connectivity index (χ0) is 33.6. The van der Waals surface area contributed by atoms with E-state index in [0.717, 1.165) is 22.3 Å². The molecule has 4 aromatic carbocycles. The molecule has 0 unspecified atom stereocenters. The summed E-state index contributed by atoms with van der Waals surface area (Å²) in [5.74, 6) is -4.24. The van der Waals surface area contributed by atoms with E-state index in [0.29, 0.717) is 30.8 Å². The number of likely N-dealkylation sites (tertiary alicyclic amines) is 2. The van der Waals surface area contributed by atoms with E-state index in [2.05, 4.69) is 0 Å². The number of carbonyl (C=O) groups excluding carboxylic acids is 4. The van der Waals surface area contributed by atoms with E-state index >= 15 is 0 Å². The van der Waals surface area contributed by atoms with Crippen molar-refractivity contribution in [3.8, 4) is 11.5 Å². The fraction of sp³-hybridized carbons (Fsp3) is 0.268. The quantitative estimate of drug-likeness (QED) is 0.185. The lowest BCUT2D eigenvalue weighted by molar-refractivity contribution is -0.142. The van der Waals surface area contributed by atoms with E-state index in [1.165, 1.54) is 9.80 Å². The summed E-state index contributed by atoms with van der Waals surface area (Å²) in [6.07, 6.45) is 2.65. The van der Waals surface area contributed by atoms with Crippen molar-refractivity contribution in [3.63, 3.8) is 0 Å². The van der Waals surface area contributed by atoms with Crippen LogP contribution in [0.4, 0.5) is 0 Å². The van der Waals surface area contributed by atoms with Crippen molar-refractivity contribution in [1.82, 2.24) is 9.80 Å². The van der Waals surface area contributed by atoms with Gasteiger partial charge in [0.1, 0.15) is 18.1 Å². The second-order valence-corrected chi connectivity index (χ2v) is 13.5. The molecule has 0 aromatic heterocycles. The highest BCUT2D eigenvalue weighted by molar-refractivity contribution is 6.08. The molecular weight excluding hydrogens is 616 g/mol. The first-order valence-corrected chi connectivity index (χ1v) is 16.9. The summed E-state index contributed by atoms with van der Waals surface area (Å²) < 4.78 is 5.98. The van der Waals surface area contributed by atoms with Gasteiger partial charge in [0.2, 0.25) is 23.6 Å². The number of phenols is 1. The number of hydrogen-bond acceptors (Lipinski definition) is 6. The van der Waals surface area contributed by atoms with Crippen LogP contribution in [-0.2, 0) is 38.9 Å². The molecule has 4 amide bonds. The summed E-state index contributed by atoms with van der Waals surface area (Å²) in [5.41, 5.74) is 4.05. The van der Waals surface area contributed by atoms with Crippen molar-refractivity contribution in [2.24, 2.45) is 29.6 Å². The van der Waals surface area contributed by atoms with Gasteiger partial charge in [0.25, 0.3) is 0 Å². The Kier molecular flexibility index (Phi) is 7.86. The molecule has 2 aliphatic heterocycles. The zero-order valence-corrected chi connectivity index (χ0v) is 26.9. The minimum Gasteiger partial charge on any atom is -0.508 e. The van der Waals surface area contributed by atoms with Gasteiger partial charge in [-0.15, -0.1) is 0 Å². The molecule has 2 heterocycles. The van der Waals surface area contributed by atoms with Gasteiger partial charge in [-0.1, -0.05) is 109 Å². The number of phenolic OH excluding ortho intramolecular Hbond substituents is 1. The van der Waals surface area contributed by atoms with Crippen LogP contribution >= 0.6 is 0 Å². The second kappa shape index (κ2) is 12.5. The average molecular weight is 653 g/mol. The number of allylic oxidation sites excluding steroid dienone is 2. The molecule has 8 rings (SSSR count). The lowest BCUT2D eigenvalue weighted by Gasteiger charge is -2.44. The number of amides is 4. The first-order chi connectivity index (χ1) is 23.9. The lowest BCUT2D eigenvalue weighted by atomic mass is 9.57. The number of ether oxygens (including phenoxy) is 1. The van der Waals surface area contributed by atoms with Crippen LogP contribution in [0, 0.1) is 29.6 Å². The maximum absolute atomic E-state index is 14.3. The SMILES string of the molecule is O=C1[C@H]2[C@H](CC=C3[C@H]2C[C@H]2C(=O)N(Cc4ccccc4)C(=O)[C@H]2[C@H]3c2ccc(OCc3ccccc3)cc2O)C(=O)N1Cc1ccccc1. The van der Waals surface area contributed by atoms with Crippen molar-refractivity contribution in [2.45, 2.75) is 38.5 Å². The third kappa shape index (κ3) is 5.41. The van der Waals surface area contributed by atoms with Crippen molar-refractivity contribution < 1.29 is 29.0 Å². The summed E-state index contributed by atoms with van der Waals surface area (Å²) >= 11 is 0. The van der Waals surface area contributed by atoms with Gasteiger partial charge in [0.15, 0.2) is 0 Å². The van der Waals surface area contributed by atoms with Crippen LogP contribution in [0.3, 0.4) is 0 Å². The molecule has 2 saturated heterocycles. The van der Waals surface area contributed by atoms with Crippen molar-refractivity contribution >= 4 is 23.6 Å². The Balaban J connectivity index is 1.15. The molecule has 8 nitrogen and oxygen atoms in total. The number of carbonyl (C=O) groups is 4. The maximum Gasteiger partial charge on any atom is 0.234 e. The highest BCUT2D eigenvalue weighted by atomic mass is 16.5. The maximum atomic E-state index is 14.3. The summed E-state index contributed by atoms with van der Waals surface area (Å²) in [5, 5.41) is 11.5. The highest BCUT2D eigenvalue weighted by Crippen LogP contribution is 2.59. The molecule has 3 fully saturated rings. The van der Waals surface area contributed by atoms with Gasteiger partial charge in [0.05, 0.1) is 36.8 Å². The van der Waals surface area contributed by atoms with Gasteiger partial charge in [0, 0.05) is 17.5 Å². The smallest absolute Gasteiger partial charge is 0.234 e. The Labute approximate surface area is 284 Å². The van der Waals surface area contributed by atoms with Crippen LogP contribution in [0.2, 0.25) is 0 Å². The third-order valence-corrected chi connectivity index (χ3v) is 10.8. The van der Waals surface area contributed by atoms with Crippen molar-refractivity contribution in [1.29, 1.82) is 0 Å². The Morgan fingerprint density at radius 1 is 0.612 bits per heavy atom. The summed E-state index contributed by atoms with van der Waals surface area (Å²) in [6.45, 7) is 0.659. The number of aromatic hydroxyl groups is 1. The molecule has 4 aromatic rings. The topological polar surface area (TPSA) is 104 Å². The molecule has 0 spiro atoms. The van der Waals surface area contributed by atoms with Crippen LogP contribution in [0.1, 0.15) is 41.0 Å². The van der Waals surface area contributed by atoms with Crippen LogP contribution in [0.25, 0.3) is 0 Å². The zero-order valence-electron chi connectivity index (χ0n) is 26.9. The van der Waals surface area contributed by atoms with Crippen LogP contribution in [0.15, 0.2) is 121 Å². The predicted molar refractivity (Wildman–Crippen MR) is 180 cm³/mol. The highest BCUT2D eigenvalue weighted by Gasteiger charge is 2.62. The lowest BCUT2D eigenvalue weighted by Crippen LogP contribution is -2.43. The largest absolute Gasteiger partial charge is 0.508 e. The fourth-order valence-corrected chi connectivity index (χ4v) is 8.53. The van der Waals surface area contributed by atoms with Crippen LogP contribution < -0.4 is 4.74 Å². The van der Waals surface area contributed by atoms with Crippen molar-refractivity contribution in [2.75, 3.05) is 0 Å². The first kappa shape index (κ1) is 30.8. The van der Waals surface area contributed by atoms with E-state index in [1.54, 1.807) is 18.2 Å². The second-order valence-electron chi connectivity index (χ2n) is 13.5. The number of nitrogens with zero attached hydrogens (tertiary/aromatic N) is 2. The summed E-state index contributed by atoms with van der Waals surface area (Å²) in [7, 11) is 0. The van der Waals surface area contributed by atoms with Gasteiger partial charge in [-0.25, -0.2) is 0 Å². The van der Waals surface area contributed by atoms with E-state index in [4.69, 9.17) is 4.74 Å². The molecule has 2 aliphatic carbocycles. The van der Waals surface area contributed by atoms with E-state index in [-0.39, 0.29) is 42.5 Å². The normalized spacial score (nSPS) is 25.9. The van der Waals surface area contributed by atoms with Gasteiger partial charge in [-0.2, -0.15) is 0 Å². The van der Waals surface area contributed by atoms with Crippen molar-refractivity contribution in [3.05, 3.63) is 143 Å². The Morgan fingerprint density at radius 3 is 1.76 bits per heavy atom. The van der Waals surface area contributed by atoms with Gasteiger partial charge < -0.3 is 9.84 Å². The molecule has 0 radical (unpaired) electrons. The summed E-state index contributed by atoms with van der Waals surface area (Å²) in [4.78, 5) is 59.0. The van der Waals surface area contributed by atoms with Crippen LogP contribution in [0.5, 0.6) is 11.5 Å². The van der Waals surface area contributed by atoms with E-state index in [1.807, 2.05) is 97.1 Å². The Bertz CT molecular complexity index is 1960. The molecule has 8 heteroatoms. The monoisotopic (exact) mass is 652 g/mol. The predicted octanol–water partition coefficient (Wildman–Crippen LogP) is 6.01. The number of benzene rings is 4. The first-order valence-electron chi connectivity index (χ1n) is 16.9. The summed E-state index contributed by atoms with van der Waals surface area (Å²) in [6, 6.07) is 33.7. The standard InChI is InChI=1S/C41H36N2O6/c44-34-20-28(49-24-27-14-8-3-9-15-27)16-17-30(34)35-29-18-19-31-36(40(47)42(38(31)45)22-25-10-4-1-5-11-25)32(29)21-33-37(35)41(48)43(39(33)46)23-26-12-6-2-7-13-26/h1-18,20,31-33,35-37,44H,19,21-24H2/t31-,32+,33+,35+,36-,37+/m0/s1. The number of hydrogen-bond donors (Lipinski definition) is 1. The number of imide groups is 2. The Hall–Kier alpha value is -5.50. The molecule has 0 bridgehead atoms. The molecular formula is C41H36N2O6. The molecule has 246 valence electrons. The molecule has 49 heavy (non-hydrogen) atoms. The molecule has 1 N–H and O–H groups in total. The number of fused-ring (bicyclic) bond motifs is 4. The number of rotatable bonds is 8.